The number of anilines is 1. The summed E-state index contributed by atoms with van der Waals surface area (Å²) in [5, 5.41) is 14.0. The van der Waals surface area contributed by atoms with Crippen LogP contribution in [0.2, 0.25) is 0 Å². The second kappa shape index (κ2) is 4.82. The number of carboxylic acid groups (broad SMARTS) is 1. The molecule has 1 aliphatic carbocycles. The number of nitrogens with zero attached hydrogens (tertiary/aromatic N) is 1. The van der Waals surface area contributed by atoms with E-state index in [1.165, 1.54) is 31.2 Å². The highest BCUT2D eigenvalue weighted by Gasteiger charge is 2.21. The molecule has 0 aliphatic heterocycles. The van der Waals surface area contributed by atoms with Crippen molar-refractivity contribution in [1.82, 2.24) is 10.3 Å². The molecule has 3 N–H and O–H groups in total. The normalized spacial score (nSPS) is 14.1. The van der Waals surface area contributed by atoms with E-state index in [0.29, 0.717) is 18.2 Å². The Morgan fingerprint density at radius 1 is 1.41 bits per heavy atom. The van der Waals surface area contributed by atoms with Crippen LogP contribution in [0.3, 0.4) is 0 Å². The highest BCUT2D eigenvalue weighted by molar-refractivity contribution is 5.90. The quantitative estimate of drug-likeness (QED) is 0.733. The molecule has 0 aromatic carbocycles. The van der Waals surface area contributed by atoms with E-state index >= 15 is 0 Å². The average Bonchev–Trinajstić information content (AvgIpc) is 3.11. The van der Waals surface area contributed by atoms with Gasteiger partial charge in [-0.25, -0.2) is 14.6 Å². The first kappa shape index (κ1) is 11.4. The number of aromatic carboxylic acids is 1. The van der Waals surface area contributed by atoms with Crippen LogP contribution in [0.15, 0.2) is 18.3 Å². The lowest BCUT2D eigenvalue weighted by Gasteiger charge is -2.06. The Bertz CT molecular complexity index is 426. The molecule has 1 fully saturated rings. The highest BCUT2D eigenvalue weighted by Crippen LogP contribution is 2.27. The zero-order chi connectivity index (χ0) is 12.3. The van der Waals surface area contributed by atoms with E-state index in [-0.39, 0.29) is 11.7 Å². The summed E-state index contributed by atoms with van der Waals surface area (Å²) in [7, 11) is 0. The van der Waals surface area contributed by atoms with Crippen LogP contribution in [0.5, 0.6) is 0 Å². The van der Waals surface area contributed by atoms with E-state index in [1.54, 1.807) is 0 Å². The van der Waals surface area contributed by atoms with Crippen molar-refractivity contribution in [1.29, 1.82) is 0 Å². The molecule has 0 unspecified atom stereocenters. The van der Waals surface area contributed by atoms with Crippen molar-refractivity contribution < 1.29 is 14.7 Å². The molecular formula is C11H13N3O3. The lowest BCUT2D eigenvalue weighted by molar-refractivity contribution is 0.0690. The maximum absolute atomic E-state index is 11.4. The van der Waals surface area contributed by atoms with E-state index in [2.05, 4.69) is 15.6 Å². The molecule has 1 saturated carbocycles. The minimum atomic E-state index is -1.09. The molecule has 1 aromatic heterocycles. The Morgan fingerprint density at radius 2 is 2.18 bits per heavy atom. The van der Waals surface area contributed by atoms with E-state index < -0.39 is 5.97 Å². The largest absolute Gasteiger partial charge is 0.477 e. The number of carbonyl (C=O) groups excluding carboxylic acids is 1. The van der Waals surface area contributed by atoms with Crippen LogP contribution in [-0.4, -0.2) is 28.6 Å². The minimum absolute atomic E-state index is 0.0473. The van der Waals surface area contributed by atoms with Crippen LogP contribution in [0, 0.1) is 5.92 Å². The van der Waals surface area contributed by atoms with Crippen molar-refractivity contribution in [3.05, 3.63) is 24.0 Å². The van der Waals surface area contributed by atoms with E-state index in [0.717, 1.165) is 0 Å². The summed E-state index contributed by atoms with van der Waals surface area (Å²) in [4.78, 5) is 25.7. The molecule has 6 nitrogen and oxygen atoms in total. The van der Waals surface area contributed by atoms with Gasteiger partial charge in [-0.15, -0.1) is 0 Å². The third-order valence-corrected chi connectivity index (χ3v) is 2.49. The Kier molecular flexibility index (Phi) is 3.22. The molecule has 0 atom stereocenters. The Hall–Kier alpha value is -2.11. The smallest absolute Gasteiger partial charge is 0.354 e. The lowest BCUT2D eigenvalue weighted by atomic mass is 10.3. The van der Waals surface area contributed by atoms with Crippen molar-refractivity contribution in [3.8, 4) is 0 Å². The molecule has 2 rings (SSSR count). The summed E-state index contributed by atoms with van der Waals surface area (Å²) in [6, 6.07) is 2.56. The van der Waals surface area contributed by atoms with Crippen LogP contribution in [-0.2, 0) is 0 Å². The van der Waals surface area contributed by atoms with Crippen molar-refractivity contribution in [2.24, 2.45) is 5.92 Å². The average molecular weight is 235 g/mol. The summed E-state index contributed by atoms with van der Waals surface area (Å²) >= 11 is 0. The summed E-state index contributed by atoms with van der Waals surface area (Å²) in [6.45, 7) is 0.687. The topological polar surface area (TPSA) is 91.3 Å². The number of nitrogens with one attached hydrogen (secondary N) is 2. The first-order chi connectivity index (χ1) is 8.15. The van der Waals surface area contributed by atoms with Gasteiger partial charge in [0.1, 0.15) is 5.69 Å². The molecule has 0 radical (unpaired) electrons. The number of hydrogen-bond donors (Lipinski definition) is 3. The molecule has 0 spiro atoms. The number of rotatable bonds is 4. The molecule has 0 saturated heterocycles. The fourth-order valence-corrected chi connectivity index (χ4v) is 1.33. The van der Waals surface area contributed by atoms with Crippen molar-refractivity contribution in [3.63, 3.8) is 0 Å². The zero-order valence-electron chi connectivity index (χ0n) is 9.14. The van der Waals surface area contributed by atoms with Gasteiger partial charge in [0.15, 0.2) is 0 Å². The van der Waals surface area contributed by atoms with Gasteiger partial charge in [-0.3, -0.25) is 0 Å². The van der Waals surface area contributed by atoms with Gasteiger partial charge in [-0.1, -0.05) is 0 Å². The van der Waals surface area contributed by atoms with Gasteiger partial charge in [-0.2, -0.15) is 0 Å². The van der Waals surface area contributed by atoms with E-state index in [9.17, 15) is 9.59 Å². The zero-order valence-corrected chi connectivity index (χ0v) is 9.14. The maximum atomic E-state index is 11.4. The summed E-state index contributed by atoms with van der Waals surface area (Å²) in [5.41, 5.74) is 0.428. The van der Waals surface area contributed by atoms with E-state index in [1.807, 2.05) is 0 Å². The second-order valence-corrected chi connectivity index (χ2v) is 4.02. The highest BCUT2D eigenvalue weighted by atomic mass is 16.4. The van der Waals surface area contributed by atoms with Crippen LogP contribution in [0.1, 0.15) is 23.3 Å². The van der Waals surface area contributed by atoms with Crippen molar-refractivity contribution in [2.45, 2.75) is 12.8 Å². The molecule has 1 aliphatic rings. The predicted octanol–water partition coefficient (Wildman–Crippen LogP) is 1.31. The van der Waals surface area contributed by atoms with Gasteiger partial charge in [0.2, 0.25) is 0 Å². The third-order valence-electron chi connectivity index (χ3n) is 2.49. The molecule has 1 heterocycles. The van der Waals surface area contributed by atoms with Crippen LogP contribution in [0.25, 0.3) is 0 Å². The molecule has 6 heteroatoms. The Morgan fingerprint density at radius 3 is 2.71 bits per heavy atom. The van der Waals surface area contributed by atoms with Crippen LogP contribution in [0.4, 0.5) is 10.5 Å². The van der Waals surface area contributed by atoms with E-state index in [4.69, 9.17) is 5.11 Å². The number of hydrogen-bond acceptors (Lipinski definition) is 3. The van der Waals surface area contributed by atoms with Crippen LogP contribution < -0.4 is 10.6 Å². The monoisotopic (exact) mass is 235 g/mol. The van der Waals surface area contributed by atoms with Gasteiger partial charge < -0.3 is 15.7 Å². The number of carboxylic acids is 1. The first-order valence-corrected chi connectivity index (χ1v) is 5.39. The maximum Gasteiger partial charge on any atom is 0.354 e. The summed E-state index contributed by atoms with van der Waals surface area (Å²) < 4.78 is 0. The first-order valence-electron chi connectivity index (χ1n) is 5.39. The third kappa shape index (κ3) is 3.44. The number of urea groups is 1. The minimum Gasteiger partial charge on any atom is -0.477 e. The Labute approximate surface area is 98.1 Å². The fraction of sp³-hybridized carbons (Fsp3) is 0.364. The SMILES string of the molecule is O=C(NCC1CC1)Nc1ccc(C(=O)O)nc1. The van der Waals surface area contributed by atoms with Gasteiger partial charge in [0, 0.05) is 6.54 Å². The number of carbonyl (C=O) groups is 2. The van der Waals surface area contributed by atoms with Crippen LogP contribution >= 0.6 is 0 Å². The fourth-order valence-electron chi connectivity index (χ4n) is 1.33. The van der Waals surface area contributed by atoms with Gasteiger partial charge in [0.05, 0.1) is 11.9 Å². The summed E-state index contributed by atoms with van der Waals surface area (Å²) in [6.07, 6.45) is 3.67. The van der Waals surface area contributed by atoms with Crippen molar-refractivity contribution in [2.75, 3.05) is 11.9 Å². The standard InChI is InChI=1S/C11H13N3O3/c15-10(16)9-4-3-8(6-12-9)14-11(17)13-5-7-1-2-7/h3-4,6-7H,1-2,5H2,(H,15,16)(H2,13,14,17). The molecule has 90 valence electrons. The predicted molar refractivity (Wildman–Crippen MR) is 60.9 cm³/mol. The second-order valence-electron chi connectivity index (χ2n) is 4.02. The number of pyridine rings is 1. The molecule has 2 amide bonds. The molecular weight excluding hydrogens is 222 g/mol. The lowest BCUT2D eigenvalue weighted by Crippen LogP contribution is -2.30. The number of amides is 2. The van der Waals surface area contributed by atoms with Gasteiger partial charge in [-0.05, 0) is 30.9 Å². The van der Waals surface area contributed by atoms with Gasteiger partial charge >= 0.3 is 12.0 Å². The molecule has 0 bridgehead atoms. The van der Waals surface area contributed by atoms with Gasteiger partial charge in [0.25, 0.3) is 0 Å². The number of aromatic nitrogens is 1. The molecule has 17 heavy (non-hydrogen) atoms. The molecule has 1 aromatic rings. The Balaban J connectivity index is 1.84. The van der Waals surface area contributed by atoms with Crippen molar-refractivity contribution >= 4 is 17.7 Å². The summed E-state index contributed by atoms with van der Waals surface area (Å²) in [5.74, 6) is -0.469.